The van der Waals surface area contributed by atoms with Crippen LogP contribution in [0.1, 0.15) is 168 Å². The Morgan fingerprint density at radius 2 is 0.767 bits per heavy atom. The van der Waals surface area contributed by atoms with Crippen molar-refractivity contribution in [1.29, 1.82) is 0 Å². The Bertz CT molecular complexity index is 703. The second-order valence-corrected chi connectivity index (χ2v) is 13.2. The fourth-order valence-corrected chi connectivity index (χ4v) is 6.01. The molecule has 250 valence electrons. The van der Waals surface area contributed by atoms with Gasteiger partial charge in [0.2, 0.25) is 0 Å². The molecule has 2 atom stereocenters. The largest absolute Gasteiger partial charge is 0.451 e. The van der Waals surface area contributed by atoms with Gasteiger partial charge >= 0.3 is 0 Å². The molecule has 1 aliphatic heterocycles. The fourth-order valence-electron chi connectivity index (χ4n) is 6.01. The van der Waals surface area contributed by atoms with Crippen molar-refractivity contribution in [1.82, 2.24) is 9.80 Å². The molecule has 0 saturated carbocycles. The Kier molecular flexibility index (Phi) is 22.9. The molecule has 0 fully saturated rings. The smallest absolute Gasteiger partial charge is 0.265 e. The molecule has 0 radical (unpaired) electrons. The van der Waals surface area contributed by atoms with Crippen LogP contribution in [0.2, 0.25) is 0 Å². The maximum absolute atomic E-state index is 6.46. The van der Waals surface area contributed by atoms with Crippen LogP contribution in [0.15, 0.2) is 24.3 Å². The molecular formula is C38H70N2O3. The molecular weight excluding hydrogens is 532 g/mol. The van der Waals surface area contributed by atoms with E-state index in [1.54, 1.807) is 0 Å². The molecule has 0 aliphatic carbocycles. The van der Waals surface area contributed by atoms with Crippen molar-refractivity contribution in [3.05, 3.63) is 24.3 Å². The zero-order chi connectivity index (χ0) is 30.8. The van der Waals surface area contributed by atoms with E-state index in [0.29, 0.717) is 0 Å². The van der Waals surface area contributed by atoms with Crippen molar-refractivity contribution < 1.29 is 14.2 Å². The predicted octanol–water partition coefficient (Wildman–Crippen LogP) is 11.3. The van der Waals surface area contributed by atoms with Crippen molar-refractivity contribution in [2.24, 2.45) is 0 Å². The molecule has 2 unspecified atom stereocenters. The molecule has 5 heteroatoms. The van der Waals surface area contributed by atoms with Crippen LogP contribution in [0, 0.1) is 0 Å². The zero-order valence-electron chi connectivity index (χ0n) is 29.0. The highest BCUT2D eigenvalue weighted by molar-refractivity contribution is 5.33. The van der Waals surface area contributed by atoms with E-state index in [9.17, 15) is 0 Å². The molecule has 1 aromatic rings. The standard InChI is InChI=1S/C38H70N2O3/c1-5-7-9-11-13-15-17-19-21-23-25-27-32-39(3)37-41-35-30-29-31-36(34-35)42-38(43-37)40(4)33-28-26-24-22-20-18-16-14-12-10-8-6-2/h29-31,34,37-38H,5-28,32-33H2,1-4H3. The summed E-state index contributed by atoms with van der Waals surface area (Å²) in [6.45, 7) is 6.49. The third-order valence-corrected chi connectivity index (χ3v) is 8.96. The van der Waals surface area contributed by atoms with Gasteiger partial charge in [0.25, 0.3) is 12.8 Å². The number of benzene rings is 1. The van der Waals surface area contributed by atoms with Gasteiger partial charge in [-0.3, -0.25) is 4.74 Å². The number of ether oxygens (including phenoxy) is 3. The average Bonchev–Trinajstić information content (AvgIpc) is 3.00. The number of rotatable bonds is 28. The predicted molar refractivity (Wildman–Crippen MR) is 184 cm³/mol. The first-order valence-corrected chi connectivity index (χ1v) is 18.6. The van der Waals surface area contributed by atoms with Crippen molar-refractivity contribution in [2.75, 3.05) is 27.2 Å². The van der Waals surface area contributed by atoms with E-state index in [4.69, 9.17) is 14.2 Å². The molecule has 1 aromatic carbocycles. The minimum atomic E-state index is -0.460. The molecule has 2 bridgehead atoms. The Labute approximate surface area is 267 Å². The quantitative estimate of drug-likeness (QED) is 0.0891. The van der Waals surface area contributed by atoms with Crippen LogP contribution in [0.3, 0.4) is 0 Å². The van der Waals surface area contributed by atoms with E-state index < -0.39 is 12.8 Å². The third kappa shape index (κ3) is 19.0. The van der Waals surface area contributed by atoms with Crippen LogP contribution in [0.4, 0.5) is 0 Å². The van der Waals surface area contributed by atoms with E-state index in [2.05, 4.69) is 37.7 Å². The third-order valence-electron chi connectivity index (χ3n) is 8.96. The van der Waals surface area contributed by atoms with Gasteiger partial charge in [-0.05, 0) is 39.1 Å². The highest BCUT2D eigenvalue weighted by atomic mass is 16.8. The van der Waals surface area contributed by atoms with Crippen LogP contribution in [0.5, 0.6) is 11.5 Å². The SMILES string of the molecule is CCCCCCCCCCCCCCN(C)C1Oc2cccc(c2)OC(N(C)CCCCCCCCCCCCCC)O1. The molecule has 5 nitrogen and oxygen atoms in total. The van der Waals surface area contributed by atoms with E-state index >= 15 is 0 Å². The summed E-state index contributed by atoms with van der Waals surface area (Å²) in [5.41, 5.74) is 0. The van der Waals surface area contributed by atoms with Crippen molar-refractivity contribution in [3.63, 3.8) is 0 Å². The summed E-state index contributed by atoms with van der Waals surface area (Å²) >= 11 is 0. The number of hydrogen-bond acceptors (Lipinski definition) is 5. The first kappa shape index (κ1) is 37.9. The Morgan fingerprint density at radius 1 is 0.465 bits per heavy atom. The highest BCUT2D eigenvalue weighted by Crippen LogP contribution is 2.27. The van der Waals surface area contributed by atoms with Gasteiger partial charge in [-0.15, -0.1) is 0 Å². The van der Waals surface area contributed by atoms with E-state index in [1.807, 2.05) is 24.3 Å². The molecule has 1 aliphatic rings. The summed E-state index contributed by atoms with van der Waals surface area (Å²) in [4.78, 5) is 4.39. The molecule has 0 amide bonds. The number of unbranched alkanes of at least 4 members (excludes halogenated alkanes) is 22. The van der Waals surface area contributed by atoms with Crippen LogP contribution in [-0.4, -0.2) is 49.8 Å². The zero-order valence-corrected chi connectivity index (χ0v) is 29.0. The molecule has 0 spiro atoms. The van der Waals surface area contributed by atoms with Crippen LogP contribution < -0.4 is 9.47 Å². The average molecular weight is 603 g/mol. The Morgan fingerprint density at radius 3 is 1.09 bits per heavy atom. The summed E-state index contributed by atoms with van der Waals surface area (Å²) in [7, 11) is 4.22. The van der Waals surface area contributed by atoms with Crippen LogP contribution in [0.25, 0.3) is 0 Å². The minimum Gasteiger partial charge on any atom is -0.451 e. The molecule has 0 saturated heterocycles. The van der Waals surface area contributed by atoms with Crippen molar-refractivity contribution in [2.45, 2.75) is 181 Å². The fraction of sp³-hybridized carbons (Fsp3) is 0.842. The lowest BCUT2D eigenvalue weighted by molar-refractivity contribution is -0.282. The molecule has 0 aromatic heterocycles. The molecule has 0 N–H and O–H groups in total. The molecule has 43 heavy (non-hydrogen) atoms. The summed E-state index contributed by atoms with van der Waals surface area (Å²) in [6, 6.07) is 7.95. The maximum Gasteiger partial charge on any atom is 0.265 e. The number of nitrogens with zero attached hydrogens (tertiary/aromatic N) is 2. The van der Waals surface area contributed by atoms with Crippen LogP contribution >= 0.6 is 0 Å². The van der Waals surface area contributed by atoms with Gasteiger partial charge in [0.15, 0.2) is 0 Å². The van der Waals surface area contributed by atoms with Gasteiger partial charge in [0, 0.05) is 19.2 Å². The number of hydrogen-bond donors (Lipinski definition) is 0. The van der Waals surface area contributed by atoms with Gasteiger partial charge in [-0.2, -0.15) is 0 Å². The first-order valence-electron chi connectivity index (χ1n) is 18.6. The lowest BCUT2D eigenvalue weighted by Crippen LogP contribution is -2.49. The second kappa shape index (κ2) is 26.0. The topological polar surface area (TPSA) is 34.2 Å². The van der Waals surface area contributed by atoms with E-state index in [0.717, 1.165) is 37.4 Å². The van der Waals surface area contributed by atoms with Crippen molar-refractivity contribution >= 4 is 0 Å². The lowest BCUT2D eigenvalue weighted by atomic mass is 10.1. The minimum absolute atomic E-state index is 0.460. The number of fused-ring (bicyclic) bond motifs is 2. The normalized spacial score (nSPS) is 16.7. The van der Waals surface area contributed by atoms with Gasteiger partial charge < -0.3 is 9.47 Å². The summed E-state index contributed by atoms with van der Waals surface area (Å²) in [6.07, 6.45) is 31.8. The molecule has 2 rings (SSSR count). The summed E-state index contributed by atoms with van der Waals surface area (Å²) in [5, 5.41) is 0. The maximum atomic E-state index is 6.46. The first-order chi connectivity index (χ1) is 21.1. The van der Waals surface area contributed by atoms with Gasteiger partial charge in [0.05, 0.1) is 0 Å². The Balaban J connectivity index is 1.62. The van der Waals surface area contributed by atoms with Gasteiger partial charge in [-0.1, -0.05) is 161 Å². The second-order valence-electron chi connectivity index (χ2n) is 13.2. The monoisotopic (exact) mass is 603 g/mol. The Hall–Kier alpha value is -1.30. The van der Waals surface area contributed by atoms with Gasteiger partial charge in [-0.25, -0.2) is 9.80 Å². The lowest BCUT2D eigenvalue weighted by Gasteiger charge is -2.36. The summed E-state index contributed by atoms with van der Waals surface area (Å²) < 4.78 is 19.1. The van der Waals surface area contributed by atoms with Crippen molar-refractivity contribution in [3.8, 4) is 11.5 Å². The van der Waals surface area contributed by atoms with E-state index in [-0.39, 0.29) is 0 Å². The van der Waals surface area contributed by atoms with Crippen LogP contribution in [-0.2, 0) is 4.74 Å². The van der Waals surface area contributed by atoms with E-state index in [1.165, 1.54) is 141 Å². The molecule has 1 heterocycles. The van der Waals surface area contributed by atoms with Gasteiger partial charge in [0.1, 0.15) is 11.5 Å². The summed E-state index contributed by atoms with van der Waals surface area (Å²) in [5.74, 6) is 1.59. The highest BCUT2D eigenvalue weighted by Gasteiger charge is 2.28.